The molecule has 0 fully saturated rings. The summed E-state index contributed by atoms with van der Waals surface area (Å²) in [5.41, 5.74) is 10.4. The molecule has 0 saturated heterocycles. The van der Waals surface area contributed by atoms with Crippen molar-refractivity contribution in [3.8, 4) is 0 Å². The van der Waals surface area contributed by atoms with Crippen LogP contribution in [0.2, 0.25) is 0 Å². The zero-order valence-electron chi connectivity index (χ0n) is 23.6. The summed E-state index contributed by atoms with van der Waals surface area (Å²) in [6.07, 6.45) is 0.119. The minimum atomic E-state index is -1.69. The molecule has 0 aromatic carbocycles. The molecule has 41 heavy (non-hydrogen) atoms. The molecule has 6 amide bonds. The van der Waals surface area contributed by atoms with Gasteiger partial charge in [0.25, 0.3) is 0 Å². The van der Waals surface area contributed by atoms with E-state index < -0.39 is 110 Å². The molecule has 17 nitrogen and oxygen atoms in total. The van der Waals surface area contributed by atoms with E-state index in [2.05, 4.69) is 21.3 Å². The highest BCUT2D eigenvalue weighted by atomic mass is 16.4. The third kappa shape index (κ3) is 12.9. The average Bonchev–Trinajstić information content (AvgIpc) is 2.93. The molecule has 0 bridgehead atoms. The Kier molecular flexibility index (Phi) is 16.8. The van der Waals surface area contributed by atoms with Crippen LogP contribution < -0.4 is 38.1 Å². The Bertz CT molecular complexity index is 948. The maximum Gasteiger partial charge on any atom is 0.326 e. The number of amides is 6. The summed E-state index contributed by atoms with van der Waals surface area (Å²) in [7, 11) is 0. The molecule has 0 spiro atoms. The quantitative estimate of drug-likeness (QED) is 0.0683. The number of hydrogen-bond donors (Lipinski definition) is 10. The van der Waals surface area contributed by atoms with Crippen LogP contribution in [0, 0.1) is 11.8 Å². The third-order valence-corrected chi connectivity index (χ3v) is 6.40. The Hall–Kier alpha value is -3.83. The van der Waals surface area contributed by atoms with E-state index in [0.717, 1.165) is 0 Å². The van der Waals surface area contributed by atoms with Crippen LogP contribution in [0.3, 0.4) is 0 Å². The van der Waals surface area contributed by atoms with Crippen molar-refractivity contribution in [2.24, 2.45) is 23.3 Å². The first-order valence-corrected chi connectivity index (χ1v) is 13.1. The second kappa shape index (κ2) is 18.5. The Morgan fingerprint density at radius 3 is 1.63 bits per heavy atom. The Balaban J connectivity index is 5.65. The van der Waals surface area contributed by atoms with Gasteiger partial charge in [-0.15, -0.1) is 0 Å². The van der Waals surface area contributed by atoms with Crippen molar-refractivity contribution in [2.45, 2.75) is 77.2 Å². The fourth-order valence-electron chi connectivity index (χ4n) is 3.38. The molecule has 0 heterocycles. The van der Waals surface area contributed by atoms with Crippen molar-refractivity contribution in [1.29, 1.82) is 0 Å². The number of rotatable bonds is 19. The maximum atomic E-state index is 13.2. The molecule has 0 aromatic heterocycles. The molecule has 0 aliphatic heterocycles. The first kappa shape index (κ1) is 37.2. The van der Waals surface area contributed by atoms with Gasteiger partial charge < -0.3 is 53.4 Å². The Morgan fingerprint density at radius 2 is 1.20 bits per heavy atom. The SMILES string of the molecule is CC[C@H](C)[C@H](NC(=O)CNC(=O)[C@@H](N)CO)C(=O)N[C@H](C(=O)N[C@@H](CO)C(=O)N[C@@H](CC(N)=O)C(=O)O)[C@@H](C)CC. The van der Waals surface area contributed by atoms with Crippen molar-refractivity contribution >= 4 is 41.4 Å². The standard InChI is InChI=1S/C24H43N7O10/c1-5-11(3)18(30-17(35)8-27-20(36)13(25)9-32)23(39)31-19(12(4)6-2)22(38)29-15(10-33)21(37)28-14(24(40)41)7-16(26)34/h11-15,18-19,32-33H,5-10,25H2,1-4H3,(H2,26,34)(H,27,36)(H,28,37)(H,29,38)(H,30,35)(H,31,39)(H,40,41)/t11-,12-,13-,14-,15-,18-,19-/m0/s1. The number of aliphatic hydroxyl groups excluding tert-OH is 2. The summed E-state index contributed by atoms with van der Waals surface area (Å²) < 4.78 is 0. The Morgan fingerprint density at radius 1 is 0.707 bits per heavy atom. The lowest BCUT2D eigenvalue weighted by molar-refractivity contribution is -0.144. The predicted molar refractivity (Wildman–Crippen MR) is 143 cm³/mol. The molecule has 0 radical (unpaired) electrons. The fourth-order valence-corrected chi connectivity index (χ4v) is 3.38. The topological polar surface area (TPSA) is 292 Å². The molecular weight excluding hydrogens is 546 g/mol. The summed E-state index contributed by atoms with van der Waals surface area (Å²) in [5.74, 6) is -7.66. The van der Waals surface area contributed by atoms with Gasteiger partial charge >= 0.3 is 5.97 Å². The van der Waals surface area contributed by atoms with E-state index in [1.807, 2.05) is 5.32 Å². The molecule has 7 atom stereocenters. The minimum absolute atomic E-state index is 0.394. The molecule has 0 aliphatic carbocycles. The number of hydrogen-bond acceptors (Lipinski definition) is 10. The van der Waals surface area contributed by atoms with Crippen LogP contribution in [-0.2, 0) is 33.6 Å². The molecular formula is C24H43N7O10. The molecule has 0 unspecified atom stereocenters. The molecule has 12 N–H and O–H groups in total. The van der Waals surface area contributed by atoms with Gasteiger partial charge in [0.05, 0.1) is 26.2 Å². The number of carboxylic acid groups (broad SMARTS) is 1. The maximum absolute atomic E-state index is 13.2. The van der Waals surface area contributed by atoms with Gasteiger partial charge in [0.1, 0.15) is 30.2 Å². The first-order chi connectivity index (χ1) is 19.1. The highest BCUT2D eigenvalue weighted by Gasteiger charge is 2.34. The Labute approximate surface area is 237 Å². The number of carbonyl (C=O) groups excluding carboxylic acids is 6. The van der Waals surface area contributed by atoms with Crippen LogP contribution >= 0.6 is 0 Å². The van der Waals surface area contributed by atoms with Gasteiger partial charge in [-0.2, -0.15) is 0 Å². The second-order valence-corrected chi connectivity index (χ2v) is 9.62. The summed E-state index contributed by atoms with van der Waals surface area (Å²) in [6, 6.07) is -6.91. The van der Waals surface area contributed by atoms with Crippen LogP contribution in [-0.4, -0.2) is 107 Å². The third-order valence-electron chi connectivity index (χ3n) is 6.40. The van der Waals surface area contributed by atoms with Crippen molar-refractivity contribution < 1.29 is 48.9 Å². The zero-order valence-corrected chi connectivity index (χ0v) is 23.6. The van der Waals surface area contributed by atoms with E-state index in [9.17, 15) is 43.8 Å². The molecule has 0 saturated carbocycles. The van der Waals surface area contributed by atoms with E-state index in [1.54, 1.807) is 27.7 Å². The monoisotopic (exact) mass is 589 g/mol. The van der Waals surface area contributed by atoms with Gasteiger partial charge in [-0.3, -0.25) is 28.8 Å². The van der Waals surface area contributed by atoms with Gasteiger partial charge in [0.2, 0.25) is 35.4 Å². The molecule has 17 heteroatoms. The molecule has 0 rings (SSSR count). The summed E-state index contributed by atoms with van der Waals surface area (Å²) in [4.78, 5) is 85.5. The van der Waals surface area contributed by atoms with Crippen LogP contribution in [0.4, 0.5) is 0 Å². The average molecular weight is 590 g/mol. The number of carbonyl (C=O) groups is 7. The number of nitrogens with one attached hydrogen (secondary N) is 5. The normalized spacial score (nSPS) is 16.0. The van der Waals surface area contributed by atoms with Crippen molar-refractivity contribution in [1.82, 2.24) is 26.6 Å². The van der Waals surface area contributed by atoms with E-state index in [4.69, 9.17) is 16.6 Å². The van der Waals surface area contributed by atoms with Crippen LogP contribution in [0.1, 0.15) is 47.0 Å². The van der Waals surface area contributed by atoms with Gasteiger partial charge in [-0.1, -0.05) is 40.5 Å². The van der Waals surface area contributed by atoms with Crippen molar-refractivity contribution in [3.63, 3.8) is 0 Å². The second-order valence-electron chi connectivity index (χ2n) is 9.62. The molecule has 0 aromatic rings. The molecule has 234 valence electrons. The van der Waals surface area contributed by atoms with Crippen LogP contribution in [0.25, 0.3) is 0 Å². The number of carboxylic acids is 1. The summed E-state index contributed by atoms with van der Waals surface area (Å²) in [5, 5.41) is 39.4. The molecule has 0 aliphatic rings. The summed E-state index contributed by atoms with van der Waals surface area (Å²) >= 11 is 0. The van der Waals surface area contributed by atoms with Gasteiger partial charge in [0, 0.05) is 0 Å². The number of primary amides is 1. The van der Waals surface area contributed by atoms with Gasteiger partial charge in [0.15, 0.2) is 0 Å². The lowest BCUT2D eigenvalue weighted by Gasteiger charge is -2.30. The van der Waals surface area contributed by atoms with Crippen molar-refractivity contribution in [3.05, 3.63) is 0 Å². The first-order valence-electron chi connectivity index (χ1n) is 13.1. The fraction of sp³-hybridized carbons (Fsp3) is 0.708. The van der Waals surface area contributed by atoms with Crippen molar-refractivity contribution in [2.75, 3.05) is 19.8 Å². The lowest BCUT2D eigenvalue weighted by Crippen LogP contribution is -2.61. The number of nitrogens with two attached hydrogens (primary N) is 2. The highest BCUT2D eigenvalue weighted by molar-refractivity contribution is 5.96. The van der Waals surface area contributed by atoms with E-state index >= 15 is 0 Å². The number of aliphatic hydroxyl groups is 2. The zero-order chi connectivity index (χ0) is 31.9. The van der Waals surface area contributed by atoms with Crippen LogP contribution in [0.5, 0.6) is 0 Å². The van der Waals surface area contributed by atoms with Crippen LogP contribution in [0.15, 0.2) is 0 Å². The smallest absolute Gasteiger partial charge is 0.326 e. The number of aliphatic carboxylic acids is 1. The van der Waals surface area contributed by atoms with E-state index in [0.29, 0.717) is 12.8 Å². The van der Waals surface area contributed by atoms with E-state index in [-0.39, 0.29) is 0 Å². The van der Waals surface area contributed by atoms with Gasteiger partial charge in [-0.05, 0) is 11.8 Å². The van der Waals surface area contributed by atoms with Gasteiger partial charge in [-0.25, -0.2) is 4.79 Å². The predicted octanol–water partition coefficient (Wildman–Crippen LogP) is -4.59. The minimum Gasteiger partial charge on any atom is -0.480 e. The largest absolute Gasteiger partial charge is 0.480 e. The van der Waals surface area contributed by atoms with E-state index in [1.165, 1.54) is 0 Å². The highest BCUT2D eigenvalue weighted by Crippen LogP contribution is 2.12. The summed E-state index contributed by atoms with van der Waals surface area (Å²) in [6.45, 7) is 4.74. The lowest BCUT2D eigenvalue weighted by atomic mass is 9.94.